The Bertz CT molecular complexity index is 570. The average Bonchev–Trinajstić information content (AvgIpc) is 2.68. The lowest BCUT2D eigenvalue weighted by molar-refractivity contribution is -0.0979. The molecule has 0 radical (unpaired) electrons. The van der Waals surface area contributed by atoms with Crippen LogP contribution in [0.2, 0.25) is 0 Å². The molecule has 0 bridgehead atoms. The quantitative estimate of drug-likeness (QED) is 0.636. The van der Waals surface area contributed by atoms with Crippen molar-refractivity contribution in [3.05, 3.63) is 71.8 Å². The average molecular weight is 342 g/mol. The molecule has 0 spiro atoms. The summed E-state index contributed by atoms with van der Waals surface area (Å²) in [7, 11) is 1.50. The van der Waals surface area contributed by atoms with Crippen molar-refractivity contribution in [1.82, 2.24) is 0 Å². The van der Waals surface area contributed by atoms with Gasteiger partial charge >= 0.3 is 0 Å². The Morgan fingerprint density at radius 3 is 1.64 bits per heavy atom. The zero-order valence-corrected chi connectivity index (χ0v) is 16.6. The molecule has 2 aromatic carbocycles. The summed E-state index contributed by atoms with van der Waals surface area (Å²) in [6.45, 7) is 14.1. The van der Waals surface area contributed by atoms with Crippen LogP contribution in [0.3, 0.4) is 0 Å². The number of nitrogens with two attached hydrogens (primary N) is 1. The molecular formula is C23H35NO. The normalized spacial score (nSPS) is 10.7. The van der Waals surface area contributed by atoms with Crippen LogP contribution in [0.15, 0.2) is 60.7 Å². The van der Waals surface area contributed by atoms with Crippen LogP contribution in [0.4, 0.5) is 0 Å². The second-order valence-electron chi connectivity index (χ2n) is 5.27. The van der Waals surface area contributed by atoms with Gasteiger partial charge in [-0.15, -0.1) is 0 Å². The van der Waals surface area contributed by atoms with Gasteiger partial charge in [0.05, 0.1) is 0 Å². The molecule has 138 valence electrons. The van der Waals surface area contributed by atoms with Crippen LogP contribution in [-0.2, 0) is 4.79 Å². The van der Waals surface area contributed by atoms with Crippen molar-refractivity contribution in [2.45, 2.75) is 47.0 Å². The second-order valence-corrected chi connectivity index (χ2v) is 5.27. The van der Waals surface area contributed by atoms with E-state index in [1.165, 1.54) is 54.1 Å². The molecule has 0 aromatic heterocycles. The monoisotopic (exact) mass is 341 g/mol. The highest BCUT2D eigenvalue weighted by Gasteiger charge is 2.02. The van der Waals surface area contributed by atoms with E-state index in [0.717, 1.165) is 0 Å². The van der Waals surface area contributed by atoms with Crippen LogP contribution in [0.5, 0.6) is 0 Å². The van der Waals surface area contributed by atoms with Gasteiger partial charge in [-0.1, -0.05) is 74.5 Å². The predicted molar refractivity (Wildman–Crippen MR) is 113 cm³/mol. The Morgan fingerprint density at radius 1 is 0.800 bits per heavy atom. The number of carbonyl (C=O) groups excluding carboxylic acids is 1. The lowest BCUT2D eigenvalue weighted by atomic mass is 9.95. The van der Waals surface area contributed by atoms with E-state index in [4.69, 9.17) is 4.79 Å². The van der Waals surface area contributed by atoms with Crippen LogP contribution >= 0.6 is 0 Å². The Labute approximate surface area is 154 Å². The van der Waals surface area contributed by atoms with E-state index in [0.29, 0.717) is 0 Å². The van der Waals surface area contributed by atoms with E-state index < -0.39 is 0 Å². The fourth-order valence-corrected chi connectivity index (χ4v) is 1.98. The van der Waals surface area contributed by atoms with E-state index in [1.54, 1.807) is 0 Å². The Balaban J connectivity index is 0. The highest BCUT2D eigenvalue weighted by Crippen LogP contribution is 2.22. The minimum atomic E-state index is 1.29. The van der Waals surface area contributed by atoms with Gasteiger partial charge in [-0.2, -0.15) is 0 Å². The molecule has 0 saturated heterocycles. The molecule has 0 aliphatic heterocycles. The number of rotatable bonds is 1. The van der Waals surface area contributed by atoms with Crippen LogP contribution in [-0.4, -0.2) is 13.8 Å². The predicted octanol–water partition coefficient (Wildman–Crippen LogP) is 6.11. The third-order valence-corrected chi connectivity index (χ3v) is 3.67. The molecule has 0 unspecified atom stereocenters. The van der Waals surface area contributed by atoms with E-state index in [9.17, 15) is 0 Å². The molecule has 1 saturated carbocycles. The van der Waals surface area contributed by atoms with Crippen molar-refractivity contribution in [2.75, 3.05) is 7.05 Å². The van der Waals surface area contributed by atoms with Crippen molar-refractivity contribution < 1.29 is 4.79 Å². The first-order valence-corrected chi connectivity index (χ1v) is 8.83. The van der Waals surface area contributed by atoms with Crippen molar-refractivity contribution in [1.29, 1.82) is 0 Å². The van der Waals surface area contributed by atoms with Crippen molar-refractivity contribution in [3.8, 4) is 11.1 Å². The summed E-state index contributed by atoms with van der Waals surface area (Å²) in [6.07, 6.45) is 3.97. The Hall–Kier alpha value is -2.19. The summed E-state index contributed by atoms with van der Waals surface area (Å²) in [6, 6.07) is 17.1. The van der Waals surface area contributed by atoms with E-state index >= 15 is 0 Å². The summed E-state index contributed by atoms with van der Waals surface area (Å²) < 4.78 is 0. The van der Waals surface area contributed by atoms with Crippen molar-refractivity contribution in [2.24, 2.45) is 5.73 Å². The second kappa shape index (κ2) is 16.7. The standard InChI is InChI=1S/C14H14.C5H8.C2H6.CH5N.CH2O/c1-11-8-9-14(10-12(11)2)13-6-4-3-5-7-13;1-5-3-2-4-5;3*1-2/h3-10H,1-2H3;1-4H2;1-2H3;2H2,1H3;1H2. The maximum Gasteiger partial charge on any atom is 0.106 e. The third-order valence-electron chi connectivity index (χ3n) is 3.67. The first-order valence-electron chi connectivity index (χ1n) is 8.83. The van der Waals surface area contributed by atoms with Gasteiger partial charge in [-0.3, -0.25) is 0 Å². The highest BCUT2D eigenvalue weighted by molar-refractivity contribution is 5.64. The van der Waals surface area contributed by atoms with E-state index in [1.807, 2.05) is 26.7 Å². The summed E-state index contributed by atoms with van der Waals surface area (Å²) in [5.41, 5.74) is 11.2. The fraction of sp³-hybridized carbons (Fsp3) is 0.348. The van der Waals surface area contributed by atoms with E-state index in [-0.39, 0.29) is 0 Å². The molecule has 0 heterocycles. The molecule has 2 nitrogen and oxygen atoms in total. The maximum absolute atomic E-state index is 8.00. The molecular weight excluding hydrogens is 306 g/mol. The minimum Gasteiger partial charge on any atom is -0.333 e. The number of hydrogen-bond acceptors (Lipinski definition) is 2. The number of benzene rings is 2. The summed E-state index contributed by atoms with van der Waals surface area (Å²) in [5, 5.41) is 0. The fourth-order valence-electron chi connectivity index (χ4n) is 1.98. The van der Waals surface area contributed by atoms with Gasteiger partial charge in [-0.25, -0.2) is 0 Å². The Morgan fingerprint density at radius 2 is 1.28 bits per heavy atom. The molecule has 1 aliphatic rings. The summed E-state index contributed by atoms with van der Waals surface area (Å²) in [4.78, 5) is 8.00. The van der Waals surface area contributed by atoms with Crippen molar-refractivity contribution in [3.63, 3.8) is 0 Å². The number of aryl methyl sites for hydroxylation is 2. The van der Waals surface area contributed by atoms with Gasteiger partial charge in [0.1, 0.15) is 6.79 Å². The van der Waals surface area contributed by atoms with Gasteiger partial charge in [0.2, 0.25) is 0 Å². The largest absolute Gasteiger partial charge is 0.333 e. The third kappa shape index (κ3) is 10.3. The molecule has 2 N–H and O–H groups in total. The van der Waals surface area contributed by atoms with Crippen LogP contribution < -0.4 is 5.73 Å². The van der Waals surface area contributed by atoms with Gasteiger partial charge in [-0.05, 0) is 62.4 Å². The summed E-state index contributed by atoms with van der Waals surface area (Å²) in [5.74, 6) is 0. The molecule has 1 aliphatic carbocycles. The van der Waals surface area contributed by atoms with Gasteiger partial charge in [0, 0.05) is 0 Å². The lowest BCUT2D eigenvalue weighted by Gasteiger charge is -2.11. The topological polar surface area (TPSA) is 43.1 Å². The zero-order chi connectivity index (χ0) is 19.7. The number of carbonyl (C=O) groups is 1. The first kappa shape index (κ1) is 25.1. The van der Waals surface area contributed by atoms with Gasteiger partial charge < -0.3 is 10.5 Å². The maximum atomic E-state index is 8.00. The molecule has 0 amide bonds. The molecule has 25 heavy (non-hydrogen) atoms. The molecule has 1 fully saturated rings. The SMILES string of the molecule is C=C1CCC1.C=O.CC.CN.Cc1ccc(-c2ccccc2)cc1C. The van der Waals surface area contributed by atoms with Crippen LogP contribution in [0.25, 0.3) is 11.1 Å². The van der Waals surface area contributed by atoms with Crippen molar-refractivity contribution >= 4 is 6.79 Å². The zero-order valence-electron chi connectivity index (χ0n) is 16.6. The minimum absolute atomic E-state index is 1.29. The molecule has 2 aromatic rings. The summed E-state index contributed by atoms with van der Waals surface area (Å²) >= 11 is 0. The molecule has 0 atom stereocenters. The van der Waals surface area contributed by atoms with Crippen LogP contribution in [0.1, 0.15) is 44.2 Å². The lowest BCUT2D eigenvalue weighted by Crippen LogP contribution is -1.92. The smallest absolute Gasteiger partial charge is 0.106 e. The molecule has 3 rings (SSSR count). The molecule has 2 heteroatoms. The Kier molecular flexibility index (Phi) is 16.7. The number of allylic oxidation sites excluding steroid dienone is 1. The van der Waals surface area contributed by atoms with Crippen LogP contribution in [0, 0.1) is 13.8 Å². The van der Waals surface area contributed by atoms with Gasteiger partial charge in [0.25, 0.3) is 0 Å². The number of hydrogen-bond donors (Lipinski definition) is 1. The van der Waals surface area contributed by atoms with E-state index in [2.05, 4.69) is 68.6 Å². The first-order chi connectivity index (χ1) is 12.2. The van der Waals surface area contributed by atoms with Gasteiger partial charge in [0.15, 0.2) is 0 Å². The highest BCUT2D eigenvalue weighted by atomic mass is 16.1.